The quantitative estimate of drug-likeness (QED) is 0.746. The number of rotatable bonds is 2. The molecule has 0 bridgehead atoms. The number of β-amino-alcohol motifs (C(OH)–C–C–N with tert-alkyl or cyclic N) is 1. The number of carboxylic acids is 1. The van der Waals surface area contributed by atoms with Crippen molar-refractivity contribution in [2.45, 2.75) is 31.4 Å². The van der Waals surface area contributed by atoms with Gasteiger partial charge in [-0.25, -0.2) is 4.79 Å². The minimum Gasteiger partial charge on any atom is -0.480 e. The first-order valence-corrected chi connectivity index (χ1v) is 7.15. The molecule has 0 radical (unpaired) electrons. The summed E-state index contributed by atoms with van der Waals surface area (Å²) in [7, 11) is 0. The van der Waals surface area contributed by atoms with E-state index in [0.29, 0.717) is 5.56 Å². The second kappa shape index (κ2) is 5.37. The molecule has 1 fully saturated rings. The van der Waals surface area contributed by atoms with E-state index < -0.39 is 18.1 Å². The third kappa shape index (κ3) is 2.47. The van der Waals surface area contributed by atoms with Gasteiger partial charge in [-0.1, -0.05) is 6.07 Å². The van der Waals surface area contributed by atoms with Gasteiger partial charge in [0.2, 0.25) is 0 Å². The summed E-state index contributed by atoms with van der Waals surface area (Å²) >= 11 is 0. The first kappa shape index (κ1) is 13.9. The number of aliphatic carboxylic acids is 1. The van der Waals surface area contributed by atoms with Crippen molar-refractivity contribution in [3.63, 3.8) is 0 Å². The monoisotopic (exact) mass is 290 g/mol. The van der Waals surface area contributed by atoms with Gasteiger partial charge in [-0.15, -0.1) is 0 Å². The predicted octanol–water partition coefficient (Wildman–Crippen LogP) is 0.705. The molecule has 1 aromatic rings. The lowest BCUT2D eigenvalue weighted by Crippen LogP contribution is -2.41. The van der Waals surface area contributed by atoms with E-state index in [4.69, 9.17) is 0 Å². The van der Waals surface area contributed by atoms with Gasteiger partial charge in [0, 0.05) is 30.8 Å². The summed E-state index contributed by atoms with van der Waals surface area (Å²) in [6.07, 6.45) is 1.07. The minimum atomic E-state index is -1.07. The van der Waals surface area contributed by atoms with E-state index >= 15 is 0 Å². The molecule has 6 nitrogen and oxygen atoms in total. The van der Waals surface area contributed by atoms with Crippen LogP contribution in [0.2, 0.25) is 0 Å². The molecule has 2 aliphatic heterocycles. The number of amides is 1. The maximum absolute atomic E-state index is 12.7. The van der Waals surface area contributed by atoms with E-state index in [9.17, 15) is 19.8 Å². The number of carbonyl (C=O) groups excluding carboxylic acids is 1. The topological polar surface area (TPSA) is 89.9 Å². The summed E-state index contributed by atoms with van der Waals surface area (Å²) in [5, 5.41) is 22.2. The SMILES string of the molecule is O=C(O)C1CC(O)CN1C(=O)c1cccc2c1CCCN2. The van der Waals surface area contributed by atoms with Crippen molar-refractivity contribution in [2.75, 3.05) is 18.4 Å². The fourth-order valence-electron chi connectivity index (χ4n) is 3.14. The van der Waals surface area contributed by atoms with Gasteiger partial charge in [-0.05, 0) is 30.5 Å². The van der Waals surface area contributed by atoms with E-state index in [1.807, 2.05) is 6.07 Å². The second-order valence-corrected chi connectivity index (χ2v) is 5.56. The molecule has 0 aromatic heterocycles. The van der Waals surface area contributed by atoms with Gasteiger partial charge < -0.3 is 20.4 Å². The number of likely N-dealkylation sites (tertiary alicyclic amines) is 1. The van der Waals surface area contributed by atoms with E-state index in [2.05, 4.69) is 5.32 Å². The molecule has 3 rings (SSSR count). The molecule has 3 N–H and O–H groups in total. The van der Waals surface area contributed by atoms with Crippen molar-refractivity contribution in [3.8, 4) is 0 Å². The summed E-state index contributed by atoms with van der Waals surface area (Å²) in [6, 6.07) is 4.52. The highest BCUT2D eigenvalue weighted by Crippen LogP contribution is 2.28. The van der Waals surface area contributed by atoms with Crippen molar-refractivity contribution in [1.29, 1.82) is 0 Å². The Labute approximate surface area is 122 Å². The lowest BCUT2D eigenvalue weighted by atomic mass is 9.96. The number of aliphatic hydroxyl groups is 1. The van der Waals surface area contributed by atoms with Crippen LogP contribution in [0.3, 0.4) is 0 Å². The van der Waals surface area contributed by atoms with Gasteiger partial charge in [-0.3, -0.25) is 4.79 Å². The average Bonchev–Trinajstić information content (AvgIpc) is 2.88. The average molecular weight is 290 g/mol. The lowest BCUT2D eigenvalue weighted by molar-refractivity contribution is -0.141. The third-order valence-corrected chi connectivity index (χ3v) is 4.15. The molecule has 2 unspecified atom stereocenters. The van der Waals surface area contributed by atoms with Gasteiger partial charge in [0.25, 0.3) is 5.91 Å². The third-order valence-electron chi connectivity index (χ3n) is 4.15. The Hall–Kier alpha value is -2.08. The summed E-state index contributed by atoms with van der Waals surface area (Å²) in [4.78, 5) is 25.2. The summed E-state index contributed by atoms with van der Waals surface area (Å²) in [5.41, 5.74) is 2.43. The summed E-state index contributed by atoms with van der Waals surface area (Å²) in [5.74, 6) is -1.37. The van der Waals surface area contributed by atoms with Crippen molar-refractivity contribution in [1.82, 2.24) is 4.90 Å². The Morgan fingerprint density at radius 1 is 1.33 bits per heavy atom. The second-order valence-electron chi connectivity index (χ2n) is 5.56. The molecule has 6 heteroatoms. The Balaban J connectivity index is 1.93. The van der Waals surface area contributed by atoms with Gasteiger partial charge in [0.15, 0.2) is 0 Å². The van der Waals surface area contributed by atoms with Gasteiger partial charge >= 0.3 is 5.97 Å². The molecular weight excluding hydrogens is 272 g/mol. The van der Waals surface area contributed by atoms with E-state index in [-0.39, 0.29) is 18.9 Å². The highest BCUT2D eigenvalue weighted by atomic mass is 16.4. The van der Waals surface area contributed by atoms with Crippen molar-refractivity contribution >= 4 is 17.6 Å². The number of benzene rings is 1. The number of nitrogens with zero attached hydrogens (tertiary/aromatic N) is 1. The summed E-state index contributed by atoms with van der Waals surface area (Å²) in [6.45, 7) is 0.956. The Morgan fingerprint density at radius 3 is 2.90 bits per heavy atom. The first-order valence-electron chi connectivity index (χ1n) is 7.15. The van der Waals surface area contributed by atoms with Crippen molar-refractivity contribution in [3.05, 3.63) is 29.3 Å². The zero-order chi connectivity index (χ0) is 15.0. The predicted molar refractivity (Wildman–Crippen MR) is 76.3 cm³/mol. The molecule has 0 saturated carbocycles. The maximum atomic E-state index is 12.7. The van der Waals surface area contributed by atoms with Crippen LogP contribution in [0.4, 0.5) is 5.69 Å². The number of nitrogens with one attached hydrogen (secondary N) is 1. The molecule has 2 heterocycles. The Kier molecular flexibility index (Phi) is 3.55. The smallest absolute Gasteiger partial charge is 0.326 e. The van der Waals surface area contributed by atoms with Gasteiger partial charge in [0.05, 0.1) is 6.10 Å². The number of anilines is 1. The zero-order valence-corrected chi connectivity index (χ0v) is 11.6. The number of aliphatic hydroxyl groups excluding tert-OH is 1. The van der Waals surface area contributed by atoms with Crippen LogP contribution < -0.4 is 5.32 Å². The fraction of sp³-hybridized carbons (Fsp3) is 0.467. The molecule has 0 aliphatic carbocycles. The van der Waals surface area contributed by atoms with Crippen LogP contribution in [0, 0.1) is 0 Å². The largest absolute Gasteiger partial charge is 0.480 e. The van der Waals surface area contributed by atoms with Crippen LogP contribution in [-0.4, -0.2) is 52.2 Å². The van der Waals surface area contributed by atoms with Gasteiger partial charge in [-0.2, -0.15) is 0 Å². The zero-order valence-electron chi connectivity index (χ0n) is 11.6. The Morgan fingerprint density at radius 2 is 2.14 bits per heavy atom. The fourth-order valence-corrected chi connectivity index (χ4v) is 3.14. The molecule has 1 aromatic carbocycles. The molecule has 21 heavy (non-hydrogen) atoms. The van der Waals surface area contributed by atoms with E-state index in [0.717, 1.165) is 30.6 Å². The molecule has 2 atom stereocenters. The van der Waals surface area contributed by atoms with Crippen molar-refractivity contribution < 1.29 is 19.8 Å². The standard InChI is InChI=1S/C15H18N2O4/c18-9-7-13(15(20)21)17(8-9)14(19)11-3-1-5-12-10(11)4-2-6-16-12/h1,3,5,9,13,16,18H,2,4,6-8H2,(H,20,21). The van der Waals surface area contributed by atoms with Crippen LogP contribution >= 0.6 is 0 Å². The number of hydrogen-bond acceptors (Lipinski definition) is 4. The van der Waals surface area contributed by atoms with Crippen LogP contribution in [-0.2, 0) is 11.2 Å². The van der Waals surface area contributed by atoms with Gasteiger partial charge in [0.1, 0.15) is 6.04 Å². The lowest BCUT2D eigenvalue weighted by Gasteiger charge is -2.25. The van der Waals surface area contributed by atoms with Crippen LogP contribution in [0.15, 0.2) is 18.2 Å². The minimum absolute atomic E-state index is 0.0763. The number of carboxylic acid groups (broad SMARTS) is 1. The van der Waals surface area contributed by atoms with Crippen LogP contribution in [0.1, 0.15) is 28.8 Å². The number of fused-ring (bicyclic) bond motifs is 1. The first-order chi connectivity index (χ1) is 10.1. The normalized spacial score (nSPS) is 24.3. The number of hydrogen-bond donors (Lipinski definition) is 3. The molecule has 112 valence electrons. The molecule has 2 aliphatic rings. The van der Waals surface area contributed by atoms with E-state index in [1.54, 1.807) is 12.1 Å². The highest BCUT2D eigenvalue weighted by Gasteiger charge is 2.39. The van der Waals surface area contributed by atoms with Crippen LogP contribution in [0.5, 0.6) is 0 Å². The Bertz CT molecular complexity index is 587. The molecular formula is C15H18N2O4. The van der Waals surface area contributed by atoms with E-state index in [1.165, 1.54) is 4.90 Å². The summed E-state index contributed by atoms with van der Waals surface area (Å²) < 4.78 is 0. The van der Waals surface area contributed by atoms with Crippen molar-refractivity contribution in [2.24, 2.45) is 0 Å². The van der Waals surface area contributed by atoms with Crippen LogP contribution in [0.25, 0.3) is 0 Å². The highest BCUT2D eigenvalue weighted by molar-refractivity contribution is 5.99. The number of carbonyl (C=O) groups is 2. The molecule has 1 amide bonds. The maximum Gasteiger partial charge on any atom is 0.326 e. The molecule has 1 saturated heterocycles. The molecule has 0 spiro atoms.